The summed E-state index contributed by atoms with van der Waals surface area (Å²) in [4.78, 5) is 2.54. The Labute approximate surface area is 98.7 Å². The summed E-state index contributed by atoms with van der Waals surface area (Å²) in [5, 5.41) is 3.30. The normalized spacial score (nSPS) is 25.1. The van der Waals surface area contributed by atoms with Gasteiger partial charge in [-0.15, -0.1) is 0 Å². The van der Waals surface area contributed by atoms with Crippen molar-refractivity contribution in [2.45, 2.75) is 26.3 Å². The van der Waals surface area contributed by atoms with Crippen LogP contribution in [0.15, 0.2) is 24.3 Å². The number of hydrogen-bond donors (Lipinski definition) is 1. The predicted molar refractivity (Wildman–Crippen MR) is 70.0 cm³/mol. The van der Waals surface area contributed by atoms with Gasteiger partial charge in [-0.05, 0) is 57.5 Å². The lowest BCUT2D eigenvalue weighted by molar-refractivity contribution is 0.473. The number of aryl methyl sites for hydroxylation is 1. The predicted octanol–water partition coefficient (Wildman–Crippen LogP) is 2.43. The van der Waals surface area contributed by atoms with Crippen molar-refractivity contribution >= 4 is 5.69 Å². The molecule has 0 aliphatic carbocycles. The van der Waals surface area contributed by atoms with Crippen LogP contribution in [0.1, 0.15) is 18.9 Å². The van der Waals surface area contributed by atoms with E-state index in [2.05, 4.69) is 48.3 Å². The maximum atomic E-state index is 3.30. The molecule has 2 rings (SSSR count). The third kappa shape index (κ3) is 2.22. The summed E-state index contributed by atoms with van der Waals surface area (Å²) in [6.45, 7) is 6.83. The molecule has 0 aromatic heterocycles. The van der Waals surface area contributed by atoms with Gasteiger partial charge in [0.05, 0.1) is 0 Å². The number of anilines is 1. The molecular weight excluding hydrogens is 196 g/mol. The van der Waals surface area contributed by atoms with E-state index in [1.807, 2.05) is 7.05 Å². The van der Waals surface area contributed by atoms with E-state index in [0.29, 0.717) is 6.04 Å². The standard InChI is InChI=1S/C14H22N2/c1-11-5-4-6-14(9-11)16-8-7-13(10-15-3)12(16)2/h4-6,9,12-13,15H,7-8,10H2,1-3H3. The lowest BCUT2D eigenvalue weighted by Crippen LogP contribution is -2.33. The minimum absolute atomic E-state index is 0.647. The van der Waals surface area contributed by atoms with Crippen LogP contribution in [0.5, 0.6) is 0 Å². The molecule has 1 aliphatic heterocycles. The van der Waals surface area contributed by atoms with Crippen molar-refractivity contribution in [2.24, 2.45) is 5.92 Å². The van der Waals surface area contributed by atoms with Crippen LogP contribution in [0.2, 0.25) is 0 Å². The second kappa shape index (κ2) is 4.88. The van der Waals surface area contributed by atoms with Gasteiger partial charge < -0.3 is 10.2 Å². The number of rotatable bonds is 3. The number of hydrogen-bond acceptors (Lipinski definition) is 2. The highest BCUT2D eigenvalue weighted by molar-refractivity contribution is 5.50. The molecule has 0 radical (unpaired) electrons. The Balaban J connectivity index is 2.12. The summed E-state index contributed by atoms with van der Waals surface area (Å²) in [6.07, 6.45) is 1.30. The molecule has 1 aromatic carbocycles. The van der Waals surface area contributed by atoms with Crippen molar-refractivity contribution in [3.05, 3.63) is 29.8 Å². The van der Waals surface area contributed by atoms with Crippen LogP contribution in [-0.2, 0) is 0 Å². The van der Waals surface area contributed by atoms with Gasteiger partial charge in [0.2, 0.25) is 0 Å². The van der Waals surface area contributed by atoms with Gasteiger partial charge in [-0.25, -0.2) is 0 Å². The van der Waals surface area contributed by atoms with E-state index in [4.69, 9.17) is 0 Å². The quantitative estimate of drug-likeness (QED) is 0.838. The zero-order valence-corrected chi connectivity index (χ0v) is 10.5. The molecule has 1 fully saturated rings. The van der Waals surface area contributed by atoms with Crippen LogP contribution >= 0.6 is 0 Å². The van der Waals surface area contributed by atoms with Gasteiger partial charge in [-0.2, -0.15) is 0 Å². The Bertz CT molecular complexity index is 348. The van der Waals surface area contributed by atoms with Crippen LogP contribution in [0.25, 0.3) is 0 Å². The lowest BCUT2D eigenvalue weighted by atomic mass is 10.0. The maximum Gasteiger partial charge on any atom is 0.0371 e. The molecule has 16 heavy (non-hydrogen) atoms. The minimum Gasteiger partial charge on any atom is -0.368 e. The molecule has 0 saturated carbocycles. The number of nitrogens with one attached hydrogen (secondary N) is 1. The van der Waals surface area contributed by atoms with E-state index in [1.165, 1.54) is 24.2 Å². The SMILES string of the molecule is CNCC1CCN(c2cccc(C)c2)C1C. The first-order valence-electron chi connectivity index (χ1n) is 6.20. The summed E-state index contributed by atoms with van der Waals surface area (Å²) >= 11 is 0. The second-order valence-corrected chi connectivity index (χ2v) is 4.88. The van der Waals surface area contributed by atoms with Crippen LogP contribution in [0.4, 0.5) is 5.69 Å². The smallest absolute Gasteiger partial charge is 0.0371 e. The molecule has 1 aliphatic rings. The largest absolute Gasteiger partial charge is 0.368 e. The summed E-state index contributed by atoms with van der Waals surface area (Å²) in [6, 6.07) is 9.48. The Morgan fingerprint density at radius 3 is 2.94 bits per heavy atom. The van der Waals surface area contributed by atoms with Crippen LogP contribution in [-0.4, -0.2) is 26.2 Å². The first-order chi connectivity index (χ1) is 7.72. The topological polar surface area (TPSA) is 15.3 Å². The molecule has 88 valence electrons. The fourth-order valence-corrected chi connectivity index (χ4v) is 2.71. The monoisotopic (exact) mass is 218 g/mol. The van der Waals surface area contributed by atoms with Gasteiger partial charge >= 0.3 is 0 Å². The third-order valence-electron chi connectivity index (χ3n) is 3.71. The molecule has 1 aromatic rings. The van der Waals surface area contributed by atoms with Crippen molar-refractivity contribution in [3.63, 3.8) is 0 Å². The van der Waals surface area contributed by atoms with Gasteiger partial charge in [-0.3, -0.25) is 0 Å². The van der Waals surface area contributed by atoms with E-state index in [0.717, 1.165) is 12.5 Å². The highest BCUT2D eigenvalue weighted by atomic mass is 15.2. The van der Waals surface area contributed by atoms with E-state index in [-0.39, 0.29) is 0 Å². The first-order valence-corrected chi connectivity index (χ1v) is 6.20. The zero-order chi connectivity index (χ0) is 11.5. The molecule has 2 heteroatoms. The molecule has 1 heterocycles. The molecular formula is C14H22N2. The van der Waals surface area contributed by atoms with Crippen LogP contribution < -0.4 is 10.2 Å². The van der Waals surface area contributed by atoms with Crippen molar-refractivity contribution in [3.8, 4) is 0 Å². The van der Waals surface area contributed by atoms with Crippen LogP contribution in [0, 0.1) is 12.8 Å². The zero-order valence-electron chi connectivity index (χ0n) is 10.5. The Morgan fingerprint density at radius 2 is 2.25 bits per heavy atom. The number of benzene rings is 1. The average molecular weight is 218 g/mol. The van der Waals surface area contributed by atoms with Crippen molar-refractivity contribution in [2.75, 3.05) is 25.0 Å². The molecule has 0 spiro atoms. The van der Waals surface area contributed by atoms with Crippen molar-refractivity contribution in [1.82, 2.24) is 5.32 Å². The van der Waals surface area contributed by atoms with Crippen molar-refractivity contribution < 1.29 is 0 Å². The van der Waals surface area contributed by atoms with E-state index in [9.17, 15) is 0 Å². The Hall–Kier alpha value is -1.02. The highest BCUT2D eigenvalue weighted by Gasteiger charge is 2.29. The highest BCUT2D eigenvalue weighted by Crippen LogP contribution is 2.29. The van der Waals surface area contributed by atoms with Gasteiger partial charge in [0, 0.05) is 18.3 Å². The van der Waals surface area contributed by atoms with Crippen LogP contribution in [0.3, 0.4) is 0 Å². The minimum atomic E-state index is 0.647. The lowest BCUT2D eigenvalue weighted by Gasteiger charge is -2.27. The summed E-state index contributed by atoms with van der Waals surface area (Å²) in [5.41, 5.74) is 2.73. The summed E-state index contributed by atoms with van der Waals surface area (Å²) < 4.78 is 0. The third-order valence-corrected chi connectivity index (χ3v) is 3.71. The second-order valence-electron chi connectivity index (χ2n) is 4.88. The summed E-state index contributed by atoms with van der Waals surface area (Å²) in [7, 11) is 2.04. The molecule has 0 bridgehead atoms. The first kappa shape index (κ1) is 11.5. The average Bonchev–Trinajstić information content (AvgIpc) is 2.61. The van der Waals surface area contributed by atoms with Gasteiger partial charge in [0.15, 0.2) is 0 Å². The molecule has 2 atom stereocenters. The molecule has 2 unspecified atom stereocenters. The van der Waals surface area contributed by atoms with E-state index < -0.39 is 0 Å². The van der Waals surface area contributed by atoms with Gasteiger partial charge in [0.25, 0.3) is 0 Å². The van der Waals surface area contributed by atoms with Gasteiger partial charge in [-0.1, -0.05) is 12.1 Å². The Kier molecular flexibility index (Phi) is 3.49. The maximum absolute atomic E-state index is 3.30. The fraction of sp³-hybridized carbons (Fsp3) is 0.571. The number of nitrogens with zero attached hydrogens (tertiary/aromatic N) is 1. The van der Waals surface area contributed by atoms with E-state index in [1.54, 1.807) is 0 Å². The fourth-order valence-electron chi connectivity index (χ4n) is 2.71. The molecule has 0 amide bonds. The molecule has 2 nitrogen and oxygen atoms in total. The Morgan fingerprint density at radius 1 is 1.44 bits per heavy atom. The molecule has 1 N–H and O–H groups in total. The summed E-state index contributed by atoms with van der Waals surface area (Å²) in [5.74, 6) is 0.783. The molecule has 1 saturated heterocycles. The van der Waals surface area contributed by atoms with E-state index >= 15 is 0 Å². The van der Waals surface area contributed by atoms with Crippen molar-refractivity contribution in [1.29, 1.82) is 0 Å². The van der Waals surface area contributed by atoms with Gasteiger partial charge in [0.1, 0.15) is 0 Å².